The van der Waals surface area contributed by atoms with Crippen molar-refractivity contribution in [3.63, 3.8) is 0 Å². The number of rotatable bonds is 9. The number of hydrogen-bond donors (Lipinski definition) is 1. The number of carboxylic acid groups (broad SMARTS) is 1. The third kappa shape index (κ3) is 6.58. The van der Waals surface area contributed by atoms with Crippen molar-refractivity contribution in [2.75, 3.05) is 26.1 Å². The summed E-state index contributed by atoms with van der Waals surface area (Å²) in [7, 11) is -3.47. The zero-order valence-corrected chi connectivity index (χ0v) is 16.2. The minimum atomic E-state index is -3.47. The molecule has 7 nitrogen and oxygen atoms in total. The van der Waals surface area contributed by atoms with E-state index in [0.717, 1.165) is 28.5 Å². The van der Waals surface area contributed by atoms with Gasteiger partial charge in [0.15, 0.2) is 6.61 Å². The molecular weight excluding hydrogens is 372 g/mol. The fourth-order valence-corrected chi connectivity index (χ4v) is 3.04. The van der Waals surface area contributed by atoms with Crippen LogP contribution in [-0.4, -0.2) is 45.6 Å². The lowest BCUT2D eigenvalue weighted by atomic mass is 9.95. The number of carbonyl (C=O) groups is 1. The van der Waals surface area contributed by atoms with Crippen molar-refractivity contribution in [2.24, 2.45) is 0 Å². The van der Waals surface area contributed by atoms with Gasteiger partial charge >= 0.3 is 5.97 Å². The summed E-state index contributed by atoms with van der Waals surface area (Å²) in [6.07, 6.45) is 0.994. The quantitative estimate of drug-likeness (QED) is 0.516. The van der Waals surface area contributed by atoms with Crippen molar-refractivity contribution in [1.82, 2.24) is 0 Å². The van der Waals surface area contributed by atoms with Crippen molar-refractivity contribution >= 4 is 16.1 Å². The molecule has 0 aliphatic carbocycles. The van der Waals surface area contributed by atoms with Crippen LogP contribution in [0.4, 0.5) is 0 Å². The van der Waals surface area contributed by atoms with Crippen LogP contribution >= 0.6 is 0 Å². The predicted molar refractivity (Wildman–Crippen MR) is 101 cm³/mol. The first-order valence-corrected chi connectivity index (χ1v) is 10.0. The number of ether oxygens (including phenoxy) is 2. The maximum Gasteiger partial charge on any atom is 0.341 e. The van der Waals surface area contributed by atoms with Crippen LogP contribution in [0.2, 0.25) is 0 Å². The smallest absolute Gasteiger partial charge is 0.341 e. The van der Waals surface area contributed by atoms with E-state index >= 15 is 0 Å². The van der Waals surface area contributed by atoms with Crippen LogP contribution in [0.3, 0.4) is 0 Å². The van der Waals surface area contributed by atoms with E-state index in [1.807, 2.05) is 38.1 Å². The van der Waals surface area contributed by atoms with Crippen LogP contribution in [0, 0.1) is 13.8 Å². The van der Waals surface area contributed by atoms with Gasteiger partial charge in [-0.05, 0) is 60.4 Å². The average molecular weight is 394 g/mol. The van der Waals surface area contributed by atoms with Gasteiger partial charge in [-0.15, -0.1) is 0 Å². The molecule has 27 heavy (non-hydrogen) atoms. The van der Waals surface area contributed by atoms with Crippen LogP contribution < -0.4 is 9.47 Å². The normalized spacial score (nSPS) is 11.2. The van der Waals surface area contributed by atoms with E-state index in [1.165, 1.54) is 0 Å². The van der Waals surface area contributed by atoms with Gasteiger partial charge in [0.25, 0.3) is 10.1 Å². The highest BCUT2D eigenvalue weighted by Crippen LogP contribution is 2.32. The van der Waals surface area contributed by atoms with E-state index in [1.54, 1.807) is 12.1 Å². The molecule has 0 amide bonds. The lowest BCUT2D eigenvalue weighted by Gasteiger charge is -2.14. The summed E-state index contributed by atoms with van der Waals surface area (Å²) < 4.78 is 37.2. The molecular formula is C19H22O7S. The second-order valence-corrected chi connectivity index (χ2v) is 7.66. The van der Waals surface area contributed by atoms with E-state index in [0.29, 0.717) is 11.5 Å². The highest BCUT2D eigenvalue weighted by Gasteiger charge is 2.10. The standard InChI is InChI=1S/C19H22O7S/c1-13-10-17(24-8-9-26-27(3,22)23)11-14(2)19(13)15-4-6-16(7-5-15)25-12-18(20)21/h4-7,10-11H,8-9,12H2,1-3H3,(H,20,21). The predicted octanol–water partition coefficient (Wildman–Crippen LogP) is 2.79. The maximum atomic E-state index is 10.9. The summed E-state index contributed by atoms with van der Waals surface area (Å²) in [5, 5.41) is 8.65. The Hall–Kier alpha value is -2.58. The zero-order chi connectivity index (χ0) is 20.0. The van der Waals surface area contributed by atoms with Gasteiger partial charge in [0.1, 0.15) is 24.7 Å². The van der Waals surface area contributed by atoms with Gasteiger partial charge in [0, 0.05) is 0 Å². The molecule has 0 radical (unpaired) electrons. The Morgan fingerprint density at radius 1 is 0.963 bits per heavy atom. The Kier molecular flexibility index (Phi) is 6.81. The molecule has 0 saturated heterocycles. The van der Waals surface area contributed by atoms with Gasteiger partial charge in [-0.1, -0.05) is 12.1 Å². The third-order valence-electron chi connectivity index (χ3n) is 3.66. The van der Waals surface area contributed by atoms with E-state index in [9.17, 15) is 13.2 Å². The SMILES string of the molecule is Cc1cc(OCCOS(C)(=O)=O)cc(C)c1-c1ccc(OCC(=O)O)cc1. The number of aryl methyl sites for hydroxylation is 2. The average Bonchev–Trinajstić information content (AvgIpc) is 2.56. The van der Waals surface area contributed by atoms with Crippen molar-refractivity contribution < 1.29 is 32.0 Å². The molecule has 8 heteroatoms. The molecule has 0 aliphatic rings. The number of benzene rings is 2. The summed E-state index contributed by atoms with van der Waals surface area (Å²) in [6, 6.07) is 10.9. The van der Waals surface area contributed by atoms with Crippen molar-refractivity contribution in [1.29, 1.82) is 0 Å². The number of aliphatic carboxylic acids is 1. The Labute approximate surface area is 158 Å². The molecule has 0 bridgehead atoms. The number of hydrogen-bond acceptors (Lipinski definition) is 6. The summed E-state index contributed by atoms with van der Waals surface area (Å²) in [5.41, 5.74) is 4.00. The van der Waals surface area contributed by atoms with E-state index < -0.39 is 16.1 Å². The molecule has 2 aromatic rings. The maximum absolute atomic E-state index is 10.9. The Morgan fingerprint density at radius 3 is 2.07 bits per heavy atom. The zero-order valence-electron chi connectivity index (χ0n) is 15.4. The van der Waals surface area contributed by atoms with Gasteiger partial charge in [0.05, 0.1) is 6.26 Å². The topological polar surface area (TPSA) is 99.1 Å². The third-order valence-corrected chi connectivity index (χ3v) is 4.26. The Bertz CT molecular complexity index is 879. The Balaban J connectivity index is 2.08. The highest BCUT2D eigenvalue weighted by atomic mass is 32.2. The Morgan fingerprint density at radius 2 is 1.56 bits per heavy atom. The van der Waals surface area contributed by atoms with E-state index in [2.05, 4.69) is 4.18 Å². The van der Waals surface area contributed by atoms with Crippen LogP contribution in [0.5, 0.6) is 11.5 Å². The van der Waals surface area contributed by atoms with Crippen LogP contribution in [0.25, 0.3) is 11.1 Å². The first-order chi connectivity index (χ1) is 12.7. The van der Waals surface area contributed by atoms with Crippen molar-refractivity contribution in [3.05, 3.63) is 47.5 Å². The van der Waals surface area contributed by atoms with Gasteiger partial charge in [-0.25, -0.2) is 4.79 Å². The molecule has 1 N–H and O–H groups in total. The number of carboxylic acids is 1. The summed E-state index contributed by atoms with van der Waals surface area (Å²) >= 11 is 0. The van der Waals surface area contributed by atoms with E-state index in [4.69, 9.17) is 14.6 Å². The first kappa shape index (κ1) is 20.7. The van der Waals surface area contributed by atoms with Crippen LogP contribution in [0.15, 0.2) is 36.4 Å². The summed E-state index contributed by atoms with van der Waals surface area (Å²) in [4.78, 5) is 10.6. The molecule has 0 heterocycles. The molecule has 146 valence electrons. The van der Waals surface area contributed by atoms with Crippen LogP contribution in [0.1, 0.15) is 11.1 Å². The minimum absolute atomic E-state index is 0.0452. The monoisotopic (exact) mass is 394 g/mol. The minimum Gasteiger partial charge on any atom is -0.491 e. The molecule has 0 unspecified atom stereocenters. The fraction of sp³-hybridized carbons (Fsp3) is 0.316. The molecule has 2 aromatic carbocycles. The second kappa shape index (κ2) is 8.88. The molecule has 2 rings (SSSR count). The molecule has 0 aromatic heterocycles. The molecule has 0 fully saturated rings. The molecule has 0 atom stereocenters. The lowest BCUT2D eigenvalue weighted by Crippen LogP contribution is -2.11. The van der Waals surface area contributed by atoms with Crippen molar-refractivity contribution in [2.45, 2.75) is 13.8 Å². The fourth-order valence-electron chi connectivity index (χ4n) is 2.67. The van der Waals surface area contributed by atoms with Gasteiger partial charge in [-0.3, -0.25) is 4.18 Å². The second-order valence-electron chi connectivity index (χ2n) is 6.01. The largest absolute Gasteiger partial charge is 0.491 e. The van der Waals surface area contributed by atoms with Crippen molar-refractivity contribution in [3.8, 4) is 22.6 Å². The summed E-state index contributed by atoms with van der Waals surface area (Å²) in [6.45, 7) is 3.61. The van der Waals surface area contributed by atoms with E-state index in [-0.39, 0.29) is 19.8 Å². The molecule has 0 aliphatic heterocycles. The summed E-state index contributed by atoms with van der Waals surface area (Å²) in [5.74, 6) is 0.0952. The van der Waals surface area contributed by atoms with Gasteiger partial charge < -0.3 is 14.6 Å². The first-order valence-electron chi connectivity index (χ1n) is 8.19. The van der Waals surface area contributed by atoms with Gasteiger partial charge in [0.2, 0.25) is 0 Å². The van der Waals surface area contributed by atoms with Gasteiger partial charge in [-0.2, -0.15) is 8.42 Å². The highest BCUT2D eigenvalue weighted by molar-refractivity contribution is 7.85. The molecule has 0 saturated carbocycles. The molecule has 0 spiro atoms. The van der Waals surface area contributed by atoms with Crippen LogP contribution in [-0.2, 0) is 19.1 Å². The lowest BCUT2D eigenvalue weighted by molar-refractivity contribution is -0.139.